The zero-order chi connectivity index (χ0) is 32.2. The van der Waals surface area contributed by atoms with E-state index in [1.807, 2.05) is 0 Å². The summed E-state index contributed by atoms with van der Waals surface area (Å²) in [5.41, 5.74) is 1.23. The van der Waals surface area contributed by atoms with Crippen molar-refractivity contribution in [2.45, 2.75) is 35.0 Å². The molecule has 0 aromatic heterocycles. The molecule has 1 aliphatic heterocycles. The number of sulfonamides is 2. The predicted molar refractivity (Wildman–Crippen MR) is 171 cm³/mol. The van der Waals surface area contributed by atoms with E-state index in [-0.39, 0.29) is 22.9 Å². The van der Waals surface area contributed by atoms with Crippen molar-refractivity contribution >= 4 is 29.9 Å². The van der Waals surface area contributed by atoms with E-state index in [1.54, 1.807) is 60.7 Å². The topological polar surface area (TPSA) is 127 Å². The highest BCUT2D eigenvalue weighted by Gasteiger charge is 2.50. The minimum Gasteiger partial charge on any atom is -0.497 e. The predicted octanol–water partition coefficient (Wildman–Crippen LogP) is 3.95. The summed E-state index contributed by atoms with van der Waals surface area (Å²) in [5.74, 6) is -0.207. The molecule has 4 aromatic carbocycles. The zero-order valence-electron chi connectivity index (χ0n) is 24.8. The van der Waals surface area contributed by atoms with Crippen LogP contribution < -0.4 is 9.47 Å². The Morgan fingerprint density at radius 1 is 0.578 bits per heavy atom. The van der Waals surface area contributed by atoms with Gasteiger partial charge in [-0.2, -0.15) is 8.61 Å². The summed E-state index contributed by atoms with van der Waals surface area (Å²) >= 11 is 0. The summed E-state index contributed by atoms with van der Waals surface area (Å²) in [6.07, 6.45) is 0. The molecule has 1 fully saturated rings. The molecule has 45 heavy (non-hydrogen) atoms. The lowest BCUT2D eigenvalue weighted by Crippen LogP contribution is -2.54. The van der Waals surface area contributed by atoms with E-state index in [4.69, 9.17) is 9.47 Å². The quantitative estimate of drug-likeness (QED) is 0.222. The maximum absolute atomic E-state index is 14.4. The summed E-state index contributed by atoms with van der Waals surface area (Å²) < 4.78 is 96.8. The monoisotopic (exact) mass is 670 g/mol. The van der Waals surface area contributed by atoms with Gasteiger partial charge >= 0.3 is 0 Å². The van der Waals surface area contributed by atoms with Crippen LogP contribution in [0.4, 0.5) is 0 Å². The molecule has 0 spiro atoms. The van der Waals surface area contributed by atoms with Gasteiger partial charge in [0.25, 0.3) is 0 Å². The van der Waals surface area contributed by atoms with Gasteiger partial charge in [0, 0.05) is 13.1 Å². The molecule has 1 heterocycles. The molecule has 0 radical (unpaired) electrons. The van der Waals surface area contributed by atoms with Crippen LogP contribution in [0.2, 0.25) is 0 Å². The second kappa shape index (κ2) is 13.3. The van der Waals surface area contributed by atoms with Gasteiger partial charge in [0.1, 0.15) is 11.5 Å². The number of nitrogens with zero attached hydrogens (tertiary/aromatic N) is 2. The summed E-state index contributed by atoms with van der Waals surface area (Å²) in [7, 11) is -9.64. The smallest absolute Gasteiger partial charge is 0.243 e. The Morgan fingerprint density at radius 2 is 0.911 bits per heavy atom. The molecule has 0 bridgehead atoms. The molecule has 1 aliphatic rings. The molecule has 238 valence electrons. The van der Waals surface area contributed by atoms with Crippen molar-refractivity contribution < 1.29 is 34.7 Å². The highest BCUT2D eigenvalue weighted by molar-refractivity contribution is 7.92. The Bertz CT molecular complexity index is 1780. The second-order valence-electron chi connectivity index (χ2n) is 10.6. The van der Waals surface area contributed by atoms with Crippen LogP contribution >= 0.6 is 0 Å². The van der Waals surface area contributed by atoms with Gasteiger partial charge < -0.3 is 9.47 Å². The van der Waals surface area contributed by atoms with Crippen LogP contribution in [0.25, 0.3) is 0 Å². The van der Waals surface area contributed by atoms with Crippen molar-refractivity contribution in [2.75, 3.05) is 25.7 Å². The molecular weight excluding hydrogens is 637 g/mol. The number of hydrogen-bond donors (Lipinski definition) is 0. The van der Waals surface area contributed by atoms with E-state index >= 15 is 0 Å². The molecule has 0 saturated carbocycles. The highest BCUT2D eigenvalue weighted by Crippen LogP contribution is 2.34. The molecule has 0 aliphatic carbocycles. The van der Waals surface area contributed by atoms with E-state index in [0.717, 1.165) is 8.61 Å². The molecule has 5 rings (SSSR count). The highest BCUT2D eigenvalue weighted by atomic mass is 32.2. The fourth-order valence-electron chi connectivity index (χ4n) is 5.41. The number of hydrogen-bond acceptors (Lipinski definition) is 8. The van der Waals surface area contributed by atoms with Crippen LogP contribution in [0, 0.1) is 0 Å². The van der Waals surface area contributed by atoms with Gasteiger partial charge in [-0.15, -0.1) is 0 Å². The van der Waals surface area contributed by atoms with E-state index in [1.165, 1.54) is 62.8 Å². The van der Waals surface area contributed by atoms with Crippen molar-refractivity contribution in [3.05, 3.63) is 120 Å². The van der Waals surface area contributed by atoms with E-state index in [2.05, 4.69) is 0 Å². The van der Waals surface area contributed by atoms with Gasteiger partial charge in [0.05, 0.1) is 47.6 Å². The molecule has 10 nitrogen and oxygen atoms in total. The maximum Gasteiger partial charge on any atom is 0.243 e. The number of benzene rings is 4. The van der Waals surface area contributed by atoms with E-state index in [9.17, 15) is 25.3 Å². The van der Waals surface area contributed by atoms with Crippen LogP contribution in [-0.4, -0.2) is 71.7 Å². The lowest BCUT2D eigenvalue weighted by atomic mass is 10.1. The molecular formula is C32H34N2O8S3. The fourth-order valence-corrected chi connectivity index (χ4v) is 10.9. The summed E-state index contributed by atoms with van der Waals surface area (Å²) in [6.45, 7) is -0.346. The zero-order valence-corrected chi connectivity index (χ0v) is 27.2. The van der Waals surface area contributed by atoms with E-state index in [0.29, 0.717) is 22.6 Å². The first kappa shape index (κ1) is 32.6. The van der Waals surface area contributed by atoms with Crippen LogP contribution in [-0.2, 0) is 43.0 Å². The summed E-state index contributed by atoms with van der Waals surface area (Å²) in [6, 6.07) is 26.7. The molecule has 0 unspecified atom stereocenters. The summed E-state index contributed by atoms with van der Waals surface area (Å²) in [5, 5.41) is 0. The molecule has 2 atom stereocenters. The number of ether oxygens (including phenoxy) is 2. The van der Waals surface area contributed by atoms with Crippen molar-refractivity contribution in [1.82, 2.24) is 8.61 Å². The Morgan fingerprint density at radius 3 is 1.22 bits per heavy atom. The third-order valence-corrected chi connectivity index (χ3v) is 13.2. The van der Waals surface area contributed by atoms with Gasteiger partial charge in [-0.25, -0.2) is 25.3 Å². The Balaban J connectivity index is 1.66. The van der Waals surface area contributed by atoms with Crippen molar-refractivity contribution in [3.63, 3.8) is 0 Å². The van der Waals surface area contributed by atoms with Crippen LogP contribution in [0.3, 0.4) is 0 Å². The van der Waals surface area contributed by atoms with Crippen molar-refractivity contribution in [2.24, 2.45) is 0 Å². The van der Waals surface area contributed by atoms with Gasteiger partial charge in [-0.1, -0.05) is 60.7 Å². The standard InChI is InChI=1S/C32H34N2O8S3/c1-41-27-13-17-29(18-14-27)44(37,38)33(21-25-9-5-3-6-10-25)31-23-43(35,36)24-32(31)34(22-26-11-7-4-8-12-26)45(39,40)30-19-15-28(42-2)16-20-30/h3-20,31-32H,21-24H2,1-2H3/t31-,32-/m0/s1. The third kappa shape index (κ3) is 7.23. The Labute approximate surface area is 264 Å². The average molecular weight is 671 g/mol. The minimum atomic E-state index is -4.34. The first-order valence-electron chi connectivity index (χ1n) is 14.0. The largest absolute Gasteiger partial charge is 0.497 e. The van der Waals surface area contributed by atoms with Gasteiger partial charge in [-0.3, -0.25) is 0 Å². The Hall–Kier alpha value is -3.75. The number of rotatable bonds is 12. The van der Waals surface area contributed by atoms with Crippen molar-refractivity contribution in [1.29, 1.82) is 0 Å². The number of sulfone groups is 1. The normalized spacial score (nSPS) is 18.2. The molecule has 1 saturated heterocycles. The molecule has 4 aromatic rings. The van der Waals surface area contributed by atoms with Crippen LogP contribution in [0.1, 0.15) is 11.1 Å². The first-order valence-corrected chi connectivity index (χ1v) is 18.7. The molecule has 13 heteroatoms. The lowest BCUT2D eigenvalue weighted by Gasteiger charge is -2.36. The fraction of sp³-hybridized carbons (Fsp3) is 0.250. The average Bonchev–Trinajstić information content (AvgIpc) is 3.37. The van der Waals surface area contributed by atoms with Gasteiger partial charge in [0.2, 0.25) is 20.0 Å². The Kier molecular flexibility index (Phi) is 9.65. The van der Waals surface area contributed by atoms with Gasteiger partial charge in [-0.05, 0) is 59.7 Å². The molecule has 0 N–H and O–H groups in total. The van der Waals surface area contributed by atoms with E-state index < -0.39 is 53.5 Å². The molecule has 0 amide bonds. The third-order valence-electron chi connectivity index (χ3n) is 7.73. The SMILES string of the molecule is COc1ccc(S(=O)(=O)N(Cc2ccccc2)[C@H]2CS(=O)(=O)C[C@@H]2N(Cc2ccccc2)S(=O)(=O)c2ccc(OC)cc2)cc1. The summed E-state index contributed by atoms with van der Waals surface area (Å²) in [4.78, 5) is -0.148. The van der Waals surface area contributed by atoms with Gasteiger partial charge in [0.15, 0.2) is 9.84 Å². The minimum absolute atomic E-state index is 0.0742. The van der Waals surface area contributed by atoms with Crippen LogP contribution in [0.5, 0.6) is 11.5 Å². The second-order valence-corrected chi connectivity index (χ2v) is 16.6. The van der Waals surface area contributed by atoms with Crippen LogP contribution in [0.15, 0.2) is 119 Å². The first-order chi connectivity index (χ1) is 21.4. The number of methoxy groups -OCH3 is 2. The maximum atomic E-state index is 14.4. The van der Waals surface area contributed by atoms with Crippen molar-refractivity contribution in [3.8, 4) is 11.5 Å². The lowest BCUT2D eigenvalue weighted by molar-refractivity contribution is 0.219.